The number of ketones is 1. The van der Waals surface area contributed by atoms with Crippen molar-refractivity contribution in [1.82, 2.24) is 0 Å². The lowest BCUT2D eigenvalue weighted by Crippen LogP contribution is -2.02. The van der Waals surface area contributed by atoms with Gasteiger partial charge < -0.3 is 4.74 Å². The van der Waals surface area contributed by atoms with Crippen LogP contribution in [-0.2, 0) is 9.53 Å². The molecule has 0 fully saturated rings. The predicted molar refractivity (Wildman–Crippen MR) is 47.7 cm³/mol. The van der Waals surface area contributed by atoms with Gasteiger partial charge in [0.15, 0.2) is 5.78 Å². The molecule has 0 saturated carbocycles. The van der Waals surface area contributed by atoms with Crippen molar-refractivity contribution in [1.29, 1.82) is 0 Å². The van der Waals surface area contributed by atoms with Crippen LogP contribution >= 0.6 is 0 Å². The van der Waals surface area contributed by atoms with E-state index in [-0.39, 0.29) is 11.9 Å². The number of hydrogen-bond donors (Lipinski definition) is 0. The molecule has 0 aromatic carbocycles. The van der Waals surface area contributed by atoms with Crippen LogP contribution in [0.25, 0.3) is 0 Å². The van der Waals surface area contributed by atoms with Crippen LogP contribution in [0.2, 0.25) is 0 Å². The summed E-state index contributed by atoms with van der Waals surface area (Å²) in [6.45, 7) is 5.38. The summed E-state index contributed by atoms with van der Waals surface area (Å²) in [6, 6.07) is 0. The molecule has 2 heteroatoms. The first-order valence-corrected chi connectivity index (χ1v) is 4.15. The average molecular weight is 166 g/mol. The fraction of sp³-hybridized carbons (Fsp3) is 0.500. The number of carbonyl (C=O) groups excluding carboxylic acids is 1. The normalized spacial score (nSPS) is 23.4. The molecule has 0 aliphatic carbocycles. The Balaban J connectivity index is 2.68. The maximum atomic E-state index is 11.0. The third kappa shape index (κ3) is 1.76. The van der Waals surface area contributed by atoms with Crippen LogP contribution in [0.3, 0.4) is 0 Å². The number of Topliss-reactive ketones (excluding diaryl/α,β-unsaturated/α-hetero) is 1. The molecule has 0 aromatic heterocycles. The second-order valence-corrected chi connectivity index (χ2v) is 2.98. The summed E-state index contributed by atoms with van der Waals surface area (Å²) in [7, 11) is 0. The van der Waals surface area contributed by atoms with E-state index in [0.29, 0.717) is 0 Å². The number of carbonyl (C=O) groups is 1. The van der Waals surface area contributed by atoms with E-state index in [2.05, 4.69) is 0 Å². The van der Waals surface area contributed by atoms with Crippen molar-refractivity contribution in [3.63, 3.8) is 0 Å². The molecule has 0 amide bonds. The predicted octanol–water partition coefficient (Wildman–Crippen LogP) is 2.21. The summed E-state index contributed by atoms with van der Waals surface area (Å²) < 4.78 is 5.45. The highest BCUT2D eigenvalue weighted by Gasteiger charge is 2.23. The Hall–Kier alpha value is -1.05. The summed E-state index contributed by atoms with van der Waals surface area (Å²) in [6.07, 6.45) is 4.72. The van der Waals surface area contributed by atoms with Crippen LogP contribution in [0.4, 0.5) is 0 Å². The standard InChI is InChI=1S/C10H14O2/c1-4-5-9-6-10(7(2)11)8(3)12-9/h4-5,9H,6H2,1-3H3/b5-4+. The van der Waals surface area contributed by atoms with E-state index in [1.165, 1.54) is 0 Å². The quantitative estimate of drug-likeness (QED) is 0.588. The van der Waals surface area contributed by atoms with Gasteiger partial charge in [0.25, 0.3) is 0 Å². The summed E-state index contributed by atoms with van der Waals surface area (Å²) in [5.41, 5.74) is 0.832. The van der Waals surface area contributed by atoms with E-state index < -0.39 is 0 Å². The Morgan fingerprint density at radius 2 is 2.33 bits per heavy atom. The Kier molecular flexibility index (Phi) is 2.69. The van der Waals surface area contributed by atoms with E-state index in [0.717, 1.165) is 17.8 Å². The van der Waals surface area contributed by atoms with Crippen LogP contribution in [0.15, 0.2) is 23.5 Å². The Labute approximate surface area is 72.9 Å². The number of allylic oxidation sites excluding steroid dienone is 2. The van der Waals surface area contributed by atoms with Crippen molar-refractivity contribution in [3.8, 4) is 0 Å². The first kappa shape index (κ1) is 9.04. The lowest BCUT2D eigenvalue weighted by Gasteiger charge is -2.04. The zero-order valence-corrected chi connectivity index (χ0v) is 7.76. The van der Waals surface area contributed by atoms with Crippen molar-refractivity contribution in [2.75, 3.05) is 0 Å². The van der Waals surface area contributed by atoms with Crippen molar-refractivity contribution in [2.45, 2.75) is 33.3 Å². The highest BCUT2D eigenvalue weighted by atomic mass is 16.5. The van der Waals surface area contributed by atoms with E-state index >= 15 is 0 Å². The molecule has 2 nitrogen and oxygen atoms in total. The van der Waals surface area contributed by atoms with Gasteiger partial charge in [-0.3, -0.25) is 4.79 Å². The van der Waals surface area contributed by atoms with E-state index in [1.807, 2.05) is 26.0 Å². The van der Waals surface area contributed by atoms with Crippen molar-refractivity contribution in [3.05, 3.63) is 23.5 Å². The van der Waals surface area contributed by atoms with Crippen LogP contribution in [0.5, 0.6) is 0 Å². The van der Waals surface area contributed by atoms with Gasteiger partial charge in [-0.2, -0.15) is 0 Å². The summed E-state index contributed by atoms with van der Waals surface area (Å²) >= 11 is 0. The molecular weight excluding hydrogens is 152 g/mol. The third-order valence-corrected chi connectivity index (χ3v) is 1.99. The first-order chi connectivity index (χ1) is 5.65. The fourth-order valence-corrected chi connectivity index (χ4v) is 1.40. The Morgan fingerprint density at radius 1 is 1.67 bits per heavy atom. The van der Waals surface area contributed by atoms with Crippen LogP contribution < -0.4 is 0 Å². The molecule has 1 rings (SSSR count). The topological polar surface area (TPSA) is 26.3 Å². The minimum absolute atomic E-state index is 0.0777. The van der Waals surface area contributed by atoms with Gasteiger partial charge in [0, 0.05) is 12.0 Å². The smallest absolute Gasteiger partial charge is 0.159 e. The van der Waals surface area contributed by atoms with Crippen molar-refractivity contribution >= 4 is 5.78 Å². The lowest BCUT2D eigenvalue weighted by atomic mass is 10.1. The molecule has 1 aliphatic heterocycles. The van der Waals surface area contributed by atoms with E-state index in [1.54, 1.807) is 6.92 Å². The second-order valence-electron chi connectivity index (χ2n) is 2.98. The third-order valence-electron chi connectivity index (χ3n) is 1.99. The SMILES string of the molecule is C/C=C/C1CC(C(C)=O)=C(C)O1. The summed E-state index contributed by atoms with van der Waals surface area (Å²) in [4.78, 5) is 11.0. The Bertz CT molecular complexity index is 249. The largest absolute Gasteiger partial charge is 0.490 e. The minimum Gasteiger partial charge on any atom is -0.490 e. The van der Waals surface area contributed by atoms with Crippen LogP contribution in [-0.4, -0.2) is 11.9 Å². The van der Waals surface area contributed by atoms with Gasteiger partial charge in [-0.1, -0.05) is 6.08 Å². The summed E-state index contributed by atoms with van der Waals surface area (Å²) in [5, 5.41) is 0. The molecule has 12 heavy (non-hydrogen) atoms. The van der Waals surface area contributed by atoms with Crippen LogP contribution in [0.1, 0.15) is 27.2 Å². The summed E-state index contributed by atoms with van der Waals surface area (Å²) in [5.74, 6) is 0.908. The molecule has 0 spiro atoms. The number of rotatable bonds is 2. The maximum absolute atomic E-state index is 11.0. The monoisotopic (exact) mass is 166 g/mol. The Morgan fingerprint density at radius 3 is 2.75 bits per heavy atom. The van der Waals surface area contributed by atoms with Gasteiger partial charge in [-0.05, 0) is 26.8 Å². The minimum atomic E-state index is 0.0777. The fourth-order valence-electron chi connectivity index (χ4n) is 1.40. The van der Waals surface area contributed by atoms with E-state index in [4.69, 9.17) is 4.74 Å². The van der Waals surface area contributed by atoms with Gasteiger partial charge in [0.2, 0.25) is 0 Å². The second kappa shape index (κ2) is 3.57. The van der Waals surface area contributed by atoms with Gasteiger partial charge in [-0.25, -0.2) is 0 Å². The molecule has 0 aromatic rings. The van der Waals surface area contributed by atoms with Crippen LogP contribution in [0, 0.1) is 0 Å². The molecule has 0 radical (unpaired) electrons. The molecule has 1 aliphatic rings. The number of ether oxygens (including phenoxy) is 1. The van der Waals surface area contributed by atoms with Crippen molar-refractivity contribution < 1.29 is 9.53 Å². The average Bonchev–Trinajstić information content (AvgIpc) is 2.32. The molecule has 0 bridgehead atoms. The van der Waals surface area contributed by atoms with Gasteiger partial charge >= 0.3 is 0 Å². The molecule has 0 N–H and O–H groups in total. The van der Waals surface area contributed by atoms with E-state index in [9.17, 15) is 4.79 Å². The molecule has 1 heterocycles. The highest BCUT2D eigenvalue weighted by molar-refractivity contribution is 5.94. The number of hydrogen-bond acceptors (Lipinski definition) is 2. The molecular formula is C10H14O2. The zero-order chi connectivity index (χ0) is 9.14. The van der Waals surface area contributed by atoms with Gasteiger partial charge in [0.05, 0.1) is 0 Å². The highest BCUT2D eigenvalue weighted by Crippen LogP contribution is 2.25. The molecule has 0 saturated heterocycles. The van der Waals surface area contributed by atoms with Gasteiger partial charge in [-0.15, -0.1) is 0 Å². The molecule has 1 unspecified atom stereocenters. The first-order valence-electron chi connectivity index (χ1n) is 4.15. The lowest BCUT2D eigenvalue weighted by molar-refractivity contribution is -0.113. The molecule has 1 atom stereocenters. The maximum Gasteiger partial charge on any atom is 0.159 e. The zero-order valence-electron chi connectivity index (χ0n) is 7.76. The molecule has 66 valence electrons. The van der Waals surface area contributed by atoms with Gasteiger partial charge in [0.1, 0.15) is 11.9 Å². The van der Waals surface area contributed by atoms with Crippen molar-refractivity contribution in [2.24, 2.45) is 0 Å².